The van der Waals surface area contributed by atoms with Crippen molar-refractivity contribution in [3.8, 4) is 0 Å². The molecule has 1 fully saturated rings. The second-order valence-electron chi connectivity index (χ2n) is 8.80. The van der Waals surface area contributed by atoms with Gasteiger partial charge >= 0.3 is 0 Å². The largest absolute Gasteiger partial charge is 0.348 e. The summed E-state index contributed by atoms with van der Waals surface area (Å²) in [6.07, 6.45) is 1.78. The summed E-state index contributed by atoms with van der Waals surface area (Å²) < 4.78 is 1.88. The molecule has 0 spiro atoms. The lowest BCUT2D eigenvalue weighted by Crippen LogP contribution is -2.43. The van der Waals surface area contributed by atoms with Crippen molar-refractivity contribution in [2.75, 3.05) is 33.2 Å². The summed E-state index contributed by atoms with van der Waals surface area (Å²) in [7, 11) is 2.17. The minimum absolute atomic E-state index is 0.103. The second kappa shape index (κ2) is 9.16. The molecule has 1 N–H and O–H groups in total. The highest BCUT2D eigenvalue weighted by Crippen LogP contribution is 2.19. The fraction of sp³-hybridized carbons (Fsp3) is 0.458. The summed E-state index contributed by atoms with van der Waals surface area (Å²) in [5.41, 5.74) is 4.54. The Kier molecular flexibility index (Phi) is 6.34. The maximum Gasteiger partial charge on any atom is 0.253 e. The Morgan fingerprint density at radius 3 is 2.61 bits per heavy atom. The molecule has 0 atom stereocenters. The van der Waals surface area contributed by atoms with Gasteiger partial charge in [0.1, 0.15) is 0 Å². The number of likely N-dealkylation sites (N-methyl/N-ethyl adjacent to an activating group) is 1. The van der Waals surface area contributed by atoms with Gasteiger partial charge in [-0.1, -0.05) is 24.3 Å². The fourth-order valence-electron chi connectivity index (χ4n) is 4.05. The third-order valence-corrected chi connectivity index (χ3v) is 5.94. The zero-order chi connectivity index (χ0) is 22.0. The van der Waals surface area contributed by atoms with Gasteiger partial charge < -0.3 is 10.2 Å². The molecule has 1 aromatic carbocycles. The lowest BCUT2D eigenvalue weighted by molar-refractivity contribution is 0.0950. The monoisotopic (exact) mass is 420 g/mol. The number of hydrogen-bond acceptors (Lipinski definition) is 5. The van der Waals surface area contributed by atoms with Crippen LogP contribution in [0.1, 0.15) is 47.1 Å². The molecule has 3 heterocycles. The number of aromatic nitrogens is 3. The average molecular weight is 421 g/mol. The predicted molar refractivity (Wildman–Crippen MR) is 123 cm³/mol. The molecule has 7 heteroatoms. The molecule has 0 saturated carbocycles. The molecule has 1 amide bonds. The molecule has 0 radical (unpaired) electrons. The third kappa shape index (κ3) is 4.94. The summed E-state index contributed by atoms with van der Waals surface area (Å²) >= 11 is 0. The van der Waals surface area contributed by atoms with E-state index in [4.69, 9.17) is 0 Å². The molecule has 1 saturated heterocycles. The molecule has 4 rings (SSSR count). The van der Waals surface area contributed by atoms with Gasteiger partial charge in [0, 0.05) is 50.7 Å². The fourth-order valence-corrected chi connectivity index (χ4v) is 4.05. The Bertz CT molecular complexity index is 1070. The molecular formula is C24H32N6O. The van der Waals surface area contributed by atoms with Crippen LogP contribution in [0.2, 0.25) is 0 Å². The Hall–Kier alpha value is -2.77. The van der Waals surface area contributed by atoms with E-state index in [9.17, 15) is 4.79 Å². The average Bonchev–Trinajstić information content (AvgIpc) is 3.16. The van der Waals surface area contributed by atoms with Crippen molar-refractivity contribution < 1.29 is 4.79 Å². The van der Waals surface area contributed by atoms with Crippen LogP contribution in [0.25, 0.3) is 11.0 Å². The molecule has 1 aliphatic rings. The van der Waals surface area contributed by atoms with Gasteiger partial charge in [0.2, 0.25) is 0 Å². The van der Waals surface area contributed by atoms with E-state index in [2.05, 4.69) is 70.4 Å². The standard InChI is InChI=1S/C24H32N6O/c1-17(2)30-23-21(15-26-30)13-22(18(3)27-23)24(31)25-14-19-6-5-7-20(12-19)16-29-10-8-28(4)9-11-29/h5-7,12-13,15,17H,8-11,14,16H2,1-4H3,(H,25,31). The van der Waals surface area contributed by atoms with Gasteiger partial charge in [-0.2, -0.15) is 5.10 Å². The first-order valence-electron chi connectivity index (χ1n) is 11.0. The molecule has 0 unspecified atom stereocenters. The SMILES string of the molecule is Cc1nc2c(cnn2C(C)C)cc1C(=O)NCc1cccc(CN2CCN(C)CC2)c1. The Morgan fingerprint density at radius 1 is 1.13 bits per heavy atom. The van der Waals surface area contributed by atoms with Crippen LogP contribution in [0.15, 0.2) is 36.5 Å². The number of nitrogens with zero attached hydrogens (tertiary/aromatic N) is 5. The number of nitrogens with one attached hydrogen (secondary N) is 1. The van der Waals surface area contributed by atoms with E-state index >= 15 is 0 Å². The van der Waals surface area contributed by atoms with E-state index in [0.717, 1.165) is 55.0 Å². The highest BCUT2D eigenvalue weighted by molar-refractivity contribution is 5.98. The van der Waals surface area contributed by atoms with Gasteiger partial charge in [-0.15, -0.1) is 0 Å². The van der Waals surface area contributed by atoms with Crippen molar-refractivity contribution >= 4 is 16.9 Å². The summed E-state index contributed by atoms with van der Waals surface area (Å²) in [5, 5.41) is 8.36. The number of benzene rings is 1. The van der Waals surface area contributed by atoms with Crippen LogP contribution >= 0.6 is 0 Å². The number of rotatable bonds is 6. The van der Waals surface area contributed by atoms with Gasteiger partial charge in [0.15, 0.2) is 5.65 Å². The van der Waals surface area contributed by atoms with Gasteiger partial charge in [0.25, 0.3) is 5.91 Å². The van der Waals surface area contributed by atoms with Crippen LogP contribution in [-0.4, -0.2) is 63.7 Å². The zero-order valence-corrected chi connectivity index (χ0v) is 18.9. The molecule has 3 aromatic rings. The van der Waals surface area contributed by atoms with Crippen LogP contribution in [0.5, 0.6) is 0 Å². The molecule has 1 aliphatic heterocycles. The van der Waals surface area contributed by atoms with Crippen LogP contribution in [-0.2, 0) is 13.1 Å². The lowest BCUT2D eigenvalue weighted by atomic mass is 10.1. The van der Waals surface area contributed by atoms with Crippen LogP contribution < -0.4 is 5.32 Å². The number of aryl methyl sites for hydroxylation is 1. The van der Waals surface area contributed by atoms with Crippen molar-refractivity contribution in [2.24, 2.45) is 0 Å². The van der Waals surface area contributed by atoms with Crippen LogP contribution in [0, 0.1) is 6.92 Å². The van der Waals surface area contributed by atoms with Crippen LogP contribution in [0.4, 0.5) is 0 Å². The van der Waals surface area contributed by atoms with Gasteiger partial charge in [-0.25, -0.2) is 9.67 Å². The van der Waals surface area contributed by atoms with Crippen LogP contribution in [0.3, 0.4) is 0 Å². The van der Waals surface area contributed by atoms with Gasteiger partial charge in [-0.05, 0) is 45.0 Å². The third-order valence-electron chi connectivity index (χ3n) is 5.94. The number of fused-ring (bicyclic) bond motifs is 1. The summed E-state index contributed by atoms with van der Waals surface area (Å²) in [6.45, 7) is 11.9. The van der Waals surface area contributed by atoms with E-state index in [1.807, 2.05) is 17.7 Å². The Labute approximate surface area is 184 Å². The second-order valence-corrected chi connectivity index (χ2v) is 8.80. The highest BCUT2D eigenvalue weighted by atomic mass is 16.1. The zero-order valence-electron chi connectivity index (χ0n) is 18.9. The Balaban J connectivity index is 1.41. The molecule has 0 aliphatic carbocycles. The summed E-state index contributed by atoms with van der Waals surface area (Å²) in [5.74, 6) is -0.103. The van der Waals surface area contributed by atoms with Crippen molar-refractivity contribution in [3.05, 3.63) is 58.9 Å². The number of carbonyl (C=O) groups excluding carboxylic acids is 1. The number of piperazine rings is 1. The first-order chi connectivity index (χ1) is 14.9. The number of carbonyl (C=O) groups is 1. The molecular weight excluding hydrogens is 388 g/mol. The normalized spacial score (nSPS) is 15.6. The highest BCUT2D eigenvalue weighted by Gasteiger charge is 2.16. The summed E-state index contributed by atoms with van der Waals surface area (Å²) in [4.78, 5) is 22.4. The van der Waals surface area contributed by atoms with E-state index in [-0.39, 0.29) is 11.9 Å². The van der Waals surface area contributed by atoms with E-state index in [1.54, 1.807) is 6.20 Å². The van der Waals surface area contributed by atoms with Crippen molar-refractivity contribution in [3.63, 3.8) is 0 Å². The molecule has 7 nitrogen and oxygen atoms in total. The van der Waals surface area contributed by atoms with Gasteiger partial charge in [-0.3, -0.25) is 9.69 Å². The van der Waals surface area contributed by atoms with E-state index in [0.29, 0.717) is 12.1 Å². The first kappa shape index (κ1) is 21.5. The molecule has 31 heavy (non-hydrogen) atoms. The maximum absolute atomic E-state index is 12.9. The van der Waals surface area contributed by atoms with E-state index in [1.165, 1.54) is 5.56 Å². The Morgan fingerprint density at radius 2 is 1.87 bits per heavy atom. The van der Waals surface area contributed by atoms with Crippen molar-refractivity contribution in [1.82, 2.24) is 29.9 Å². The smallest absolute Gasteiger partial charge is 0.253 e. The summed E-state index contributed by atoms with van der Waals surface area (Å²) in [6, 6.07) is 10.6. The quantitative estimate of drug-likeness (QED) is 0.664. The molecule has 164 valence electrons. The predicted octanol–water partition coefficient (Wildman–Crippen LogP) is 3.00. The maximum atomic E-state index is 12.9. The first-order valence-corrected chi connectivity index (χ1v) is 11.0. The topological polar surface area (TPSA) is 66.3 Å². The molecule has 0 bridgehead atoms. The number of hydrogen-bond donors (Lipinski definition) is 1. The minimum Gasteiger partial charge on any atom is -0.348 e. The number of amides is 1. The van der Waals surface area contributed by atoms with Gasteiger partial charge in [0.05, 0.1) is 17.5 Å². The number of pyridine rings is 1. The minimum atomic E-state index is -0.103. The van der Waals surface area contributed by atoms with E-state index < -0.39 is 0 Å². The lowest BCUT2D eigenvalue weighted by Gasteiger charge is -2.32. The van der Waals surface area contributed by atoms with Crippen molar-refractivity contribution in [2.45, 2.75) is 39.9 Å². The molecule has 2 aromatic heterocycles. The van der Waals surface area contributed by atoms with Crippen molar-refractivity contribution in [1.29, 1.82) is 0 Å².